The monoisotopic (exact) mass is 596 g/mol. The zero-order valence-electron chi connectivity index (χ0n) is 22.1. The predicted octanol–water partition coefficient (Wildman–Crippen LogP) is 1.95. The van der Waals surface area contributed by atoms with E-state index in [0.29, 0.717) is 42.4 Å². The summed E-state index contributed by atoms with van der Waals surface area (Å²) in [4.78, 5) is 21.8. The standard InChI is InChI=1S/C25H32N4O7S3/c1-35-17-15-29(16-18-36-2)39(33,34)20-9-7-19(8-10-20)24(30)27-11-13-28(14-12-27)25-26-23-21(37-25)5-4-6-22(23)38(3,31)32/h4-10H,11-18H2,1-3H3. The van der Waals surface area contributed by atoms with Crippen molar-refractivity contribution >= 4 is 52.5 Å². The number of hydrogen-bond donors (Lipinski definition) is 0. The summed E-state index contributed by atoms with van der Waals surface area (Å²) in [6.07, 6.45) is 1.17. The minimum atomic E-state index is -3.78. The van der Waals surface area contributed by atoms with Crippen LogP contribution in [0.15, 0.2) is 52.3 Å². The molecule has 212 valence electrons. The molecule has 0 aliphatic carbocycles. The summed E-state index contributed by atoms with van der Waals surface area (Å²) in [5, 5.41) is 0.717. The second kappa shape index (κ2) is 12.3. The van der Waals surface area contributed by atoms with Gasteiger partial charge in [0.2, 0.25) is 10.0 Å². The van der Waals surface area contributed by atoms with Gasteiger partial charge in [-0.3, -0.25) is 4.79 Å². The first-order valence-electron chi connectivity index (χ1n) is 12.3. The van der Waals surface area contributed by atoms with Crippen LogP contribution < -0.4 is 4.90 Å². The molecular weight excluding hydrogens is 564 g/mol. The van der Waals surface area contributed by atoms with Crippen molar-refractivity contribution in [3.05, 3.63) is 48.0 Å². The highest BCUT2D eigenvalue weighted by molar-refractivity contribution is 7.91. The Kier molecular flexibility index (Phi) is 9.24. The lowest BCUT2D eigenvalue weighted by atomic mass is 10.2. The lowest BCUT2D eigenvalue weighted by molar-refractivity contribution is 0.0746. The number of ether oxygens (including phenoxy) is 2. The number of sulfone groups is 1. The molecule has 14 heteroatoms. The van der Waals surface area contributed by atoms with Crippen molar-refractivity contribution in [2.24, 2.45) is 0 Å². The molecule has 0 spiro atoms. The summed E-state index contributed by atoms with van der Waals surface area (Å²) < 4.78 is 62.7. The van der Waals surface area contributed by atoms with E-state index in [-0.39, 0.29) is 42.0 Å². The van der Waals surface area contributed by atoms with E-state index in [1.165, 1.54) is 60.4 Å². The number of methoxy groups -OCH3 is 2. The predicted molar refractivity (Wildman–Crippen MR) is 150 cm³/mol. The van der Waals surface area contributed by atoms with Gasteiger partial charge in [0.15, 0.2) is 15.0 Å². The maximum Gasteiger partial charge on any atom is 0.253 e. The molecule has 2 heterocycles. The molecule has 2 aromatic carbocycles. The molecule has 0 unspecified atom stereocenters. The van der Waals surface area contributed by atoms with Crippen molar-refractivity contribution in [3.8, 4) is 0 Å². The number of thiazole rings is 1. The lowest BCUT2D eigenvalue weighted by Crippen LogP contribution is -2.48. The fourth-order valence-electron chi connectivity index (χ4n) is 4.29. The second-order valence-electron chi connectivity index (χ2n) is 9.06. The van der Waals surface area contributed by atoms with Crippen LogP contribution in [0, 0.1) is 0 Å². The number of fused-ring (bicyclic) bond motifs is 1. The van der Waals surface area contributed by atoms with E-state index in [1.54, 1.807) is 17.0 Å². The van der Waals surface area contributed by atoms with Gasteiger partial charge in [0.05, 0.1) is 27.7 Å². The van der Waals surface area contributed by atoms with Crippen LogP contribution in [0.1, 0.15) is 10.4 Å². The second-order valence-corrected chi connectivity index (χ2v) is 14.0. The first-order chi connectivity index (χ1) is 18.6. The van der Waals surface area contributed by atoms with Crippen LogP contribution >= 0.6 is 11.3 Å². The molecule has 1 amide bonds. The molecule has 1 saturated heterocycles. The third-order valence-electron chi connectivity index (χ3n) is 6.44. The van der Waals surface area contributed by atoms with Crippen molar-refractivity contribution in [2.45, 2.75) is 9.79 Å². The number of carbonyl (C=O) groups is 1. The van der Waals surface area contributed by atoms with Crippen LogP contribution in [-0.2, 0) is 29.3 Å². The van der Waals surface area contributed by atoms with Gasteiger partial charge in [0.1, 0.15) is 5.52 Å². The van der Waals surface area contributed by atoms with Gasteiger partial charge < -0.3 is 19.3 Å². The van der Waals surface area contributed by atoms with Gasteiger partial charge in [0, 0.05) is 65.3 Å². The zero-order valence-corrected chi connectivity index (χ0v) is 24.5. The quantitative estimate of drug-likeness (QED) is 0.326. The van der Waals surface area contributed by atoms with Gasteiger partial charge in [-0.25, -0.2) is 21.8 Å². The highest BCUT2D eigenvalue weighted by Gasteiger charge is 2.27. The summed E-state index contributed by atoms with van der Waals surface area (Å²) >= 11 is 1.43. The highest BCUT2D eigenvalue weighted by Crippen LogP contribution is 2.33. The first-order valence-corrected chi connectivity index (χ1v) is 16.4. The Hall–Kier alpha value is -2.62. The molecule has 1 fully saturated rings. The van der Waals surface area contributed by atoms with E-state index >= 15 is 0 Å². The number of amides is 1. The van der Waals surface area contributed by atoms with Gasteiger partial charge in [0.25, 0.3) is 5.91 Å². The summed E-state index contributed by atoms with van der Waals surface area (Å²) in [5.74, 6) is -0.183. The smallest absolute Gasteiger partial charge is 0.253 e. The number of nitrogens with zero attached hydrogens (tertiary/aromatic N) is 4. The molecule has 0 N–H and O–H groups in total. The van der Waals surface area contributed by atoms with E-state index in [1.807, 2.05) is 11.0 Å². The number of piperazine rings is 1. The Morgan fingerprint density at radius 3 is 2.13 bits per heavy atom. The third-order valence-corrected chi connectivity index (χ3v) is 10.6. The molecule has 0 bridgehead atoms. The number of para-hydroxylation sites is 1. The molecule has 0 radical (unpaired) electrons. The number of sulfonamides is 1. The highest BCUT2D eigenvalue weighted by atomic mass is 32.2. The minimum absolute atomic E-state index is 0.0976. The van der Waals surface area contributed by atoms with E-state index in [0.717, 1.165) is 4.70 Å². The molecule has 1 aromatic heterocycles. The summed E-state index contributed by atoms with van der Waals surface area (Å²) in [5.41, 5.74) is 0.872. The molecule has 1 aliphatic heterocycles. The Morgan fingerprint density at radius 2 is 1.56 bits per heavy atom. The maximum atomic E-state index is 13.2. The van der Waals surface area contributed by atoms with Crippen molar-refractivity contribution in [1.82, 2.24) is 14.2 Å². The number of hydrogen-bond acceptors (Lipinski definition) is 10. The third kappa shape index (κ3) is 6.58. The average Bonchev–Trinajstić information content (AvgIpc) is 3.37. The number of anilines is 1. The Labute approximate surface area is 232 Å². The fraction of sp³-hybridized carbons (Fsp3) is 0.440. The van der Waals surface area contributed by atoms with Crippen molar-refractivity contribution in [1.29, 1.82) is 0 Å². The van der Waals surface area contributed by atoms with Crippen molar-refractivity contribution < 1.29 is 31.1 Å². The van der Waals surface area contributed by atoms with E-state index in [9.17, 15) is 21.6 Å². The molecule has 1 aliphatic rings. The fourth-order valence-corrected chi connectivity index (χ4v) is 7.64. The number of benzene rings is 2. The normalized spacial score (nSPS) is 14.9. The van der Waals surface area contributed by atoms with E-state index in [4.69, 9.17) is 9.47 Å². The molecule has 3 aromatic rings. The maximum absolute atomic E-state index is 13.2. The Morgan fingerprint density at radius 1 is 0.949 bits per heavy atom. The van der Waals surface area contributed by atoms with Gasteiger partial charge in [-0.1, -0.05) is 17.4 Å². The van der Waals surface area contributed by atoms with Gasteiger partial charge >= 0.3 is 0 Å². The van der Waals surface area contributed by atoms with Crippen LogP contribution in [0.5, 0.6) is 0 Å². The van der Waals surface area contributed by atoms with Crippen molar-refractivity contribution in [3.63, 3.8) is 0 Å². The minimum Gasteiger partial charge on any atom is -0.383 e. The van der Waals surface area contributed by atoms with Crippen LogP contribution in [-0.4, -0.2) is 110 Å². The van der Waals surface area contributed by atoms with E-state index in [2.05, 4.69) is 4.98 Å². The lowest BCUT2D eigenvalue weighted by Gasteiger charge is -2.34. The van der Waals surface area contributed by atoms with Crippen LogP contribution in [0.2, 0.25) is 0 Å². The molecule has 0 atom stereocenters. The first kappa shape index (κ1) is 29.4. The summed E-state index contributed by atoms with van der Waals surface area (Å²) in [6, 6.07) is 11.1. The Bertz CT molecular complexity index is 1510. The zero-order chi connectivity index (χ0) is 28.2. The molecule has 11 nitrogen and oxygen atoms in total. The average molecular weight is 597 g/mol. The van der Waals surface area contributed by atoms with Gasteiger partial charge in [-0.15, -0.1) is 0 Å². The summed E-state index contributed by atoms with van der Waals surface area (Å²) in [7, 11) is -4.16. The Balaban J connectivity index is 1.42. The summed E-state index contributed by atoms with van der Waals surface area (Å²) in [6.45, 7) is 2.88. The number of carbonyl (C=O) groups excluding carboxylic acids is 1. The molecular formula is C25H32N4O7S3. The molecule has 39 heavy (non-hydrogen) atoms. The largest absolute Gasteiger partial charge is 0.383 e. The van der Waals surface area contributed by atoms with Gasteiger partial charge in [-0.2, -0.15) is 4.31 Å². The number of aromatic nitrogens is 1. The van der Waals surface area contributed by atoms with Crippen LogP contribution in [0.3, 0.4) is 0 Å². The van der Waals surface area contributed by atoms with Crippen LogP contribution in [0.25, 0.3) is 10.2 Å². The SMILES string of the molecule is COCCN(CCOC)S(=O)(=O)c1ccc(C(=O)N2CCN(c3nc4c(S(C)(=O)=O)cccc4s3)CC2)cc1. The van der Waals surface area contributed by atoms with Gasteiger partial charge in [-0.05, 0) is 36.4 Å². The molecule has 0 saturated carbocycles. The van der Waals surface area contributed by atoms with E-state index < -0.39 is 19.9 Å². The van der Waals surface area contributed by atoms with Crippen molar-refractivity contribution in [2.75, 3.05) is 77.9 Å². The topological polar surface area (TPSA) is 126 Å². The molecule has 4 rings (SSSR count). The van der Waals surface area contributed by atoms with Crippen LogP contribution in [0.4, 0.5) is 5.13 Å². The number of rotatable bonds is 11.